The Morgan fingerprint density at radius 2 is 2.26 bits per heavy atom. The summed E-state index contributed by atoms with van der Waals surface area (Å²) in [5, 5.41) is 5.38. The third-order valence-corrected chi connectivity index (χ3v) is 6.91. The summed E-state index contributed by atoms with van der Waals surface area (Å²) >= 11 is 1.82. The van der Waals surface area contributed by atoms with Gasteiger partial charge in [0.05, 0.1) is 0 Å². The topological polar surface area (TPSA) is 64.3 Å². The van der Waals surface area contributed by atoms with Gasteiger partial charge in [-0.05, 0) is 56.6 Å². The predicted octanol–water partition coefficient (Wildman–Crippen LogP) is 3.44. The summed E-state index contributed by atoms with van der Waals surface area (Å²) in [5.74, 6) is 1.79. The van der Waals surface area contributed by atoms with E-state index in [1.54, 1.807) is 6.20 Å². The van der Waals surface area contributed by atoms with E-state index in [9.17, 15) is 4.79 Å². The molecule has 2 aliphatic rings. The predicted molar refractivity (Wildman–Crippen MR) is 108 cm³/mol. The van der Waals surface area contributed by atoms with Gasteiger partial charge in [-0.25, -0.2) is 9.78 Å². The van der Waals surface area contributed by atoms with E-state index in [1.165, 1.54) is 17.7 Å². The van der Waals surface area contributed by atoms with Crippen LogP contribution in [0.2, 0.25) is 0 Å². The molecule has 2 aromatic heterocycles. The van der Waals surface area contributed by atoms with Crippen LogP contribution in [0.3, 0.4) is 0 Å². The summed E-state index contributed by atoms with van der Waals surface area (Å²) in [6.45, 7) is 3.46. The molecule has 0 saturated carbocycles. The smallest absolute Gasteiger partial charge is 0.317 e. The first-order chi connectivity index (χ1) is 13.2. The van der Waals surface area contributed by atoms with Crippen molar-refractivity contribution in [3.05, 3.63) is 40.6 Å². The van der Waals surface area contributed by atoms with E-state index in [0.29, 0.717) is 17.9 Å². The molecule has 2 aliphatic heterocycles. The summed E-state index contributed by atoms with van der Waals surface area (Å²) in [4.78, 5) is 26.2. The van der Waals surface area contributed by atoms with Gasteiger partial charge in [0, 0.05) is 48.9 Å². The summed E-state index contributed by atoms with van der Waals surface area (Å²) in [6, 6.07) is 4.84. The molecule has 0 spiro atoms. The van der Waals surface area contributed by atoms with Gasteiger partial charge in [-0.3, -0.25) is 4.90 Å². The molecule has 0 bridgehead atoms. The molecule has 2 aromatic rings. The van der Waals surface area contributed by atoms with Crippen molar-refractivity contribution in [3.63, 3.8) is 0 Å². The molecule has 0 radical (unpaired) electrons. The number of carbonyl (C=O) groups is 1. The maximum Gasteiger partial charge on any atom is 0.317 e. The molecule has 146 valence electrons. The Morgan fingerprint density at radius 1 is 1.37 bits per heavy atom. The molecule has 0 aromatic carbocycles. The van der Waals surface area contributed by atoms with Crippen LogP contribution < -0.4 is 5.32 Å². The number of nitrogens with one attached hydrogen (secondary N) is 2. The van der Waals surface area contributed by atoms with Crippen LogP contribution >= 0.6 is 11.3 Å². The summed E-state index contributed by atoms with van der Waals surface area (Å²) in [6.07, 6.45) is 8.14. The van der Waals surface area contributed by atoms with Gasteiger partial charge < -0.3 is 15.2 Å². The van der Waals surface area contributed by atoms with E-state index in [4.69, 9.17) is 0 Å². The van der Waals surface area contributed by atoms with Crippen LogP contribution in [0, 0.1) is 5.92 Å². The highest BCUT2D eigenvalue weighted by atomic mass is 32.1. The molecule has 2 amide bonds. The van der Waals surface area contributed by atoms with Crippen molar-refractivity contribution < 1.29 is 4.79 Å². The first-order valence-electron chi connectivity index (χ1n) is 9.98. The SMILES string of the molecule is CN1CCCC(CNC(=O)N2CCCC(c3ncc[nH]3)C2)C1c1cccs1. The third-order valence-electron chi connectivity index (χ3n) is 5.97. The van der Waals surface area contributed by atoms with E-state index in [-0.39, 0.29) is 6.03 Å². The second-order valence-corrected chi connectivity index (χ2v) is 8.77. The van der Waals surface area contributed by atoms with E-state index in [2.05, 4.69) is 44.7 Å². The molecular weight excluding hydrogens is 358 g/mol. The highest BCUT2D eigenvalue weighted by molar-refractivity contribution is 7.10. The van der Waals surface area contributed by atoms with Gasteiger partial charge in [0.25, 0.3) is 0 Å². The molecule has 7 heteroatoms. The minimum atomic E-state index is 0.0735. The number of H-pyrrole nitrogens is 1. The normalized spacial score (nSPS) is 26.9. The Labute approximate surface area is 165 Å². The van der Waals surface area contributed by atoms with Gasteiger partial charge in [-0.15, -0.1) is 11.3 Å². The number of nitrogens with zero attached hydrogens (tertiary/aromatic N) is 3. The number of likely N-dealkylation sites (tertiary alicyclic amines) is 2. The lowest BCUT2D eigenvalue weighted by Gasteiger charge is -2.39. The second-order valence-electron chi connectivity index (χ2n) is 7.79. The number of piperidine rings is 2. The fourth-order valence-electron chi connectivity index (χ4n) is 4.60. The molecule has 2 fully saturated rings. The first-order valence-corrected chi connectivity index (χ1v) is 10.9. The number of aromatic amines is 1. The van der Waals surface area contributed by atoms with Crippen molar-refractivity contribution in [2.45, 2.75) is 37.6 Å². The second kappa shape index (κ2) is 8.44. The van der Waals surface area contributed by atoms with Gasteiger partial charge in [-0.2, -0.15) is 0 Å². The Bertz CT molecular complexity index is 717. The molecule has 6 nitrogen and oxygen atoms in total. The minimum absolute atomic E-state index is 0.0735. The van der Waals surface area contributed by atoms with Crippen LogP contribution in [0.1, 0.15) is 48.3 Å². The quantitative estimate of drug-likeness (QED) is 0.845. The van der Waals surface area contributed by atoms with Crippen LogP contribution in [0.5, 0.6) is 0 Å². The maximum absolute atomic E-state index is 12.8. The van der Waals surface area contributed by atoms with E-state index >= 15 is 0 Å². The number of carbonyl (C=O) groups excluding carboxylic acids is 1. The number of rotatable bonds is 4. The van der Waals surface area contributed by atoms with E-state index < -0.39 is 0 Å². The average Bonchev–Trinajstić information content (AvgIpc) is 3.40. The van der Waals surface area contributed by atoms with Gasteiger partial charge in [-0.1, -0.05) is 6.07 Å². The molecule has 2 N–H and O–H groups in total. The average molecular weight is 388 g/mol. The van der Waals surface area contributed by atoms with Crippen LogP contribution in [0.4, 0.5) is 4.79 Å². The number of hydrogen-bond acceptors (Lipinski definition) is 4. The minimum Gasteiger partial charge on any atom is -0.348 e. The third kappa shape index (κ3) is 4.19. The van der Waals surface area contributed by atoms with Crippen molar-refractivity contribution in [2.75, 3.05) is 33.2 Å². The molecule has 4 rings (SSSR count). The van der Waals surface area contributed by atoms with Crippen molar-refractivity contribution in [3.8, 4) is 0 Å². The molecule has 4 heterocycles. The van der Waals surface area contributed by atoms with Crippen molar-refractivity contribution in [1.29, 1.82) is 0 Å². The fourth-order valence-corrected chi connectivity index (χ4v) is 5.58. The highest BCUT2D eigenvalue weighted by Crippen LogP contribution is 2.36. The molecule has 3 atom stereocenters. The molecule has 0 aliphatic carbocycles. The van der Waals surface area contributed by atoms with Crippen LogP contribution in [0.25, 0.3) is 0 Å². The van der Waals surface area contributed by atoms with Crippen LogP contribution in [-0.2, 0) is 0 Å². The van der Waals surface area contributed by atoms with Gasteiger partial charge in [0.1, 0.15) is 5.82 Å². The van der Waals surface area contributed by atoms with Crippen molar-refractivity contribution in [2.24, 2.45) is 5.92 Å². The number of aromatic nitrogens is 2. The maximum atomic E-state index is 12.8. The zero-order valence-electron chi connectivity index (χ0n) is 15.9. The van der Waals surface area contributed by atoms with Crippen molar-refractivity contribution in [1.82, 2.24) is 25.1 Å². The largest absolute Gasteiger partial charge is 0.348 e. The van der Waals surface area contributed by atoms with Gasteiger partial charge in [0.15, 0.2) is 0 Å². The van der Waals surface area contributed by atoms with Crippen LogP contribution in [0.15, 0.2) is 29.9 Å². The first kappa shape index (κ1) is 18.5. The summed E-state index contributed by atoms with van der Waals surface area (Å²) in [7, 11) is 2.21. The Hall–Kier alpha value is -1.86. The monoisotopic (exact) mass is 387 g/mol. The number of thiophene rings is 1. The standard InChI is InChI=1S/C20H29N5OS/c1-24-10-2-5-15(18(24)17-7-4-12-27-17)13-23-20(26)25-11-3-6-16(14-25)19-21-8-9-22-19/h4,7-9,12,15-16,18H,2-3,5-6,10-11,13-14H2,1H3,(H,21,22)(H,23,26). The Balaban J connectivity index is 1.35. The summed E-state index contributed by atoms with van der Waals surface area (Å²) in [5.41, 5.74) is 0. The molecule has 27 heavy (non-hydrogen) atoms. The fraction of sp³-hybridized carbons (Fsp3) is 0.600. The molecule has 3 unspecified atom stereocenters. The number of imidazole rings is 1. The lowest BCUT2D eigenvalue weighted by Crippen LogP contribution is -2.48. The lowest BCUT2D eigenvalue weighted by molar-refractivity contribution is 0.119. The van der Waals surface area contributed by atoms with Gasteiger partial charge in [0.2, 0.25) is 0 Å². The Kier molecular flexibility index (Phi) is 5.78. The summed E-state index contributed by atoms with van der Waals surface area (Å²) < 4.78 is 0. The zero-order chi connectivity index (χ0) is 18.6. The molecule has 2 saturated heterocycles. The highest BCUT2D eigenvalue weighted by Gasteiger charge is 2.32. The zero-order valence-corrected chi connectivity index (χ0v) is 16.8. The molecular formula is C20H29N5OS. The van der Waals surface area contributed by atoms with E-state index in [1.807, 2.05) is 22.4 Å². The Morgan fingerprint density at radius 3 is 3.04 bits per heavy atom. The number of urea groups is 1. The number of amides is 2. The van der Waals surface area contributed by atoms with E-state index in [0.717, 1.165) is 44.8 Å². The van der Waals surface area contributed by atoms with Crippen molar-refractivity contribution >= 4 is 17.4 Å². The number of hydrogen-bond donors (Lipinski definition) is 2. The van der Waals surface area contributed by atoms with Gasteiger partial charge >= 0.3 is 6.03 Å². The van der Waals surface area contributed by atoms with Crippen LogP contribution in [-0.4, -0.2) is 59.0 Å². The lowest BCUT2D eigenvalue weighted by atomic mass is 9.88.